The highest BCUT2D eigenvalue weighted by Gasteiger charge is 2.07. The molecule has 0 heterocycles. The van der Waals surface area contributed by atoms with Gasteiger partial charge in [-0.15, -0.1) is 0 Å². The van der Waals surface area contributed by atoms with Gasteiger partial charge >= 0.3 is 0 Å². The number of para-hydroxylation sites is 3. The van der Waals surface area contributed by atoms with Crippen LogP contribution in [-0.2, 0) is 11.3 Å². The summed E-state index contributed by atoms with van der Waals surface area (Å²) in [5, 5.41) is 2.85. The van der Waals surface area contributed by atoms with Gasteiger partial charge in [0.15, 0.2) is 11.5 Å². The third-order valence-electron chi connectivity index (χ3n) is 3.17. The molecule has 116 valence electrons. The molecule has 0 aromatic heterocycles. The lowest BCUT2D eigenvalue weighted by Crippen LogP contribution is -2.17. The van der Waals surface area contributed by atoms with E-state index >= 15 is 0 Å². The Bertz CT molecular complexity index is 629. The van der Waals surface area contributed by atoms with Crippen molar-refractivity contribution in [2.24, 2.45) is 5.73 Å². The number of nitrogens with two attached hydrogens (primary N) is 1. The lowest BCUT2D eigenvalue weighted by atomic mass is 10.2. The zero-order chi connectivity index (χ0) is 15.8. The van der Waals surface area contributed by atoms with Crippen LogP contribution in [0.1, 0.15) is 12.0 Å². The van der Waals surface area contributed by atoms with E-state index in [0.29, 0.717) is 18.0 Å². The van der Waals surface area contributed by atoms with Gasteiger partial charge in [-0.1, -0.05) is 30.3 Å². The third kappa shape index (κ3) is 4.23. The number of hydrogen-bond acceptors (Lipinski definition) is 4. The van der Waals surface area contributed by atoms with E-state index in [1.165, 1.54) is 0 Å². The van der Waals surface area contributed by atoms with Gasteiger partial charge < -0.3 is 20.5 Å². The van der Waals surface area contributed by atoms with Crippen molar-refractivity contribution >= 4 is 11.6 Å². The molecule has 0 aliphatic rings. The molecule has 3 N–H and O–H groups in total. The number of anilines is 1. The minimum Gasteiger partial charge on any atom is -0.493 e. The van der Waals surface area contributed by atoms with Crippen molar-refractivity contribution in [3.8, 4) is 11.5 Å². The van der Waals surface area contributed by atoms with Crippen LogP contribution >= 0.6 is 0 Å². The maximum atomic E-state index is 12.0. The zero-order valence-corrected chi connectivity index (χ0v) is 12.5. The topological polar surface area (TPSA) is 73.6 Å². The van der Waals surface area contributed by atoms with E-state index in [-0.39, 0.29) is 18.9 Å². The number of carbonyl (C=O) groups is 1. The van der Waals surface area contributed by atoms with Gasteiger partial charge in [-0.2, -0.15) is 0 Å². The van der Waals surface area contributed by atoms with Crippen molar-refractivity contribution < 1.29 is 14.3 Å². The second-order valence-corrected chi connectivity index (χ2v) is 4.66. The Hall–Kier alpha value is -2.53. The maximum Gasteiger partial charge on any atom is 0.227 e. The number of benzene rings is 2. The van der Waals surface area contributed by atoms with Gasteiger partial charge in [-0.25, -0.2) is 0 Å². The summed E-state index contributed by atoms with van der Waals surface area (Å²) in [6, 6.07) is 14.8. The highest BCUT2D eigenvalue weighted by molar-refractivity contribution is 5.91. The molecular weight excluding hydrogens is 280 g/mol. The summed E-state index contributed by atoms with van der Waals surface area (Å²) in [6.45, 7) is 0.658. The van der Waals surface area contributed by atoms with Crippen molar-refractivity contribution in [1.82, 2.24) is 0 Å². The Morgan fingerprint density at radius 3 is 2.50 bits per heavy atom. The molecule has 2 aromatic rings. The van der Waals surface area contributed by atoms with Gasteiger partial charge in [0.2, 0.25) is 5.91 Å². The van der Waals surface area contributed by atoms with Crippen LogP contribution in [0, 0.1) is 0 Å². The Kier molecular flexibility index (Phi) is 5.80. The van der Waals surface area contributed by atoms with Crippen LogP contribution < -0.4 is 20.5 Å². The molecule has 0 radical (unpaired) electrons. The third-order valence-corrected chi connectivity index (χ3v) is 3.17. The van der Waals surface area contributed by atoms with Gasteiger partial charge in [0.05, 0.1) is 20.1 Å². The molecule has 2 rings (SSSR count). The Labute approximate surface area is 130 Å². The number of nitrogens with one attached hydrogen (secondary N) is 1. The molecule has 0 bridgehead atoms. The summed E-state index contributed by atoms with van der Waals surface area (Å²) in [6.07, 6.45) is 0.247. The standard InChI is InChI=1S/C17H20N2O3/c1-21-15-8-4-5-9-16(15)22-11-10-17(20)19-14-7-3-2-6-13(14)12-18/h2-9H,10-12,18H2,1H3,(H,19,20). The second kappa shape index (κ2) is 8.05. The molecule has 0 unspecified atom stereocenters. The Morgan fingerprint density at radius 1 is 1.09 bits per heavy atom. The van der Waals surface area contributed by atoms with E-state index in [4.69, 9.17) is 15.2 Å². The first-order valence-electron chi connectivity index (χ1n) is 7.08. The molecule has 5 nitrogen and oxygen atoms in total. The number of ether oxygens (including phenoxy) is 2. The van der Waals surface area contributed by atoms with Crippen LogP contribution in [-0.4, -0.2) is 19.6 Å². The van der Waals surface area contributed by atoms with Crippen LogP contribution in [0.5, 0.6) is 11.5 Å². The predicted molar refractivity (Wildman–Crippen MR) is 86.1 cm³/mol. The van der Waals surface area contributed by atoms with E-state index in [1.54, 1.807) is 13.2 Å². The number of hydrogen-bond donors (Lipinski definition) is 2. The number of amides is 1. The average molecular weight is 300 g/mol. The molecule has 22 heavy (non-hydrogen) atoms. The van der Waals surface area contributed by atoms with Gasteiger partial charge in [0.25, 0.3) is 0 Å². The quantitative estimate of drug-likeness (QED) is 0.824. The van der Waals surface area contributed by atoms with Crippen LogP contribution in [0.4, 0.5) is 5.69 Å². The maximum absolute atomic E-state index is 12.0. The van der Waals surface area contributed by atoms with Crippen molar-refractivity contribution in [2.45, 2.75) is 13.0 Å². The fourth-order valence-electron chi connectivity index (χ4n) is 2.02. The lowest BCUT2D eigenvalue weighted by Gasteiger charge is -2.11. The van der Waals surface area contributed by atoms with Gasteiger partial charge in [0.1, 0.15) is 0 Å². The van der Waals surface area contributed by atoms with Crippen LogP contribution in [0.2, 0.25) is 0 Å². The van der Waals surface area contributed by atoms with E-state index in [1.807, 2.05) is 42.5 Å². The van der Waals surface area contributed by atoms with Crippen LogP contribution in [0.15, 0.2) is 48.5 Å². The van der Waals surface area contributed by atoms with Crippen molar-refractivity contribution in [1.29, 1.82) is 0 Å². The Balaban J connectivity index is 1.85. The van der Waals surface area contributed by atoms with Gasteiger partial charge in [-0.05, 0) is 23.8 Å². The summed E-state index contributed by atoms with van der Waals surface area (Å²) in [4.78, 5) is 12.0. The lowest BCUT2D eigenvalue weighted by molar-refractivity contribution is -0.116. The van der Waals surface area contributed by atoms with Crippen LogP contribution in [0.3, 0.4) is 0 Å². The predicted octanol–water partition coefficient (Wildman–Crippen LogP) is 2.56. The van der Waals surface area contributed by atoms with Crippen LogP contribution in [0.25, 0.3) is 0 Å². The smallest absolute Gasteiger partial charge is 0.227 e. The van der Waals surface area contributed by atoms with E-state index in [9.17, 15) is 4.79 Å². The molecule has 5 heteroatoms. The molecule has 0 saturated heterocycles. The summed E-state index contributed by atoms with van der Waals surface area (Å²) >= 11 is 0. The van der Waals surface area contributed by atoms with Gasteiger partial charge in [-0.3, -0.25) is 4.79 Å². The normalized spacial score (nSPS) is 10.1. The zero-order valence-electron chi connectivity index (χ0n) is 12.5. The van der Waals surface area contributed by atoms with Crippen molar-refractivity contribution in [3.05, 3.63) is 54.1 Å². The summed E-state index contributed by atoms with van der Waals surface area (Å²) in [5.74, 6) is 1.16. The SMILES string of the molecule is COc1ccccc1OCCC(=O)Nc1ccccc1CN. The first kappa shape index (κ1) is 15.9. The second-order valence-electron chi connectivity index (χ2n) is 4.66. The summed E-state index contributed by atoms with van der Waals surface area (Å²) in [5.41, 5.74) is 7.29. The Morgan fingerprint density at radius 2 is 1.77 bits per heavy atom. The number of methoxy groups -OCH3 is 1. The summed E-state index contributed by atoms with van der Waals surface area (Å²) < 4.78 is 10.8. The molecule has 1 amide bonds. The first-order valence-corrected chi connectivity index (χ1v) is 7.08. The van der Waals surface area contributed by atoms with Gasteiger partial charge in [0, 0.05) is 12.2 Å². The van der Waals surface area contributed by atoms with Crippen molar-refractivity contribution in [2.75, 3.05) is 19.0 Å². The highest BCUT2D eigenvalue weighted by Crippen LogP contribution is 2.25. The highest BCUT2D eigenvalue weighted by atomic mass is 16.5. The molecule has 0 aliphatic carbocycles. The number of rotatable bonds is 7. The number of carbonyl (C=O) groups excluding carboxylic acids is 1. The largest absolute Gasteiger partial charge is 0.493 e. The first-order chi connectivity index (χ1) is 10.7. The average Bonchev–Trinajstić information content (AvgIpc) is 2.55. The fraction of sp³-hybridized carbons (Fsp3) is 0.235. The van der Waals surface area contributed by atoms with E-state index < -0.39 is 0 Å². The molecule has 0 saturated carbocycles. The molecular formula is C17H20N2O3. The molecule has 0 atom stereocenters. The minimum atomic E-state index is -0.115. The van der Waals surface area contributed by atoms with E-state index in [0.717, 1.165) is 11.3 Å². The summed E-state index contributed by atoms with van der Waals surface area (Å²) in [7, 11) is 1.58. The molecule has 0 aliphatic heterocycles. The monoisotopic (exact) mass is 300 g/mol. The molecule has 0 fully saturated rings. The van der Waals surface area contributed by atoms with Crippen molar-refractivity contribution in [3.63, 3.8) is 0 Å². The minimum absolute atomic E-state index is 0.115. The van der Waals surface area contributed by atoms with E-state index in [2.05, 4.69) is 5.32 Å². The fourth-order valence-corrected chi connectivity index (χ4v) is 2.02. The molecule has 2 aromatic carbocycles. The molecule has 0 spiro atoms.